The number of aromatic nitrogens is 1. The molecule has 0 bridgehead atoms. The van der Waals surface area contributed by atoms with Gasteiger partial charge in [-0.15, -0.1) is 0 Å². The summed E-state index contributed by atoms with van der Waals surface area (Å²) in [5.74, 6) is 2.55. The van der Waals surface area contributed by atoms with Crippen molar-refractivity contribution >= 4 is 0 Å². The van der Waals surface area contributed by atoms with Gasteiger partial charge in [-0.25, -0.2) is 0 Å². The zero-order valence-electron chi connectivity index (χ0n) is 14.9. The van der Waals surface area contributed by atoms with Crippen molar-refractivity contribution in [1.82, 2.24) is 10.1 Å². The van der Waals surface area contributed by atoms with Crippen molar-refractivity contribution in [3.05, 3.63) is 41.3 Å². The standard InChI is InChI=1S/C19H26N2O3/c1-13(2)23-17-8-7-15(11-19(17)22-4)12-21-9-5-6-16(21)18-10-14(3)20-24-18/h7-8,10-11,13,16H,5-6,9,12H2,1-4H3/t16-/m0/s1. The fourth-order valence-corrected chi connectivity index (χ4v) is 3.27. The average Bonchev–Trinajstić information content (AvgIpc) is 3.17. The minimum Gasteiger partial charge on any atom is -0.493 e. The SMILES string of the molecule is COc1cc(CN2CCC[C@H]2c2cc(C)no2)ccc1OC(C)C. The molecular weight excluding hydrogens is 304 g/mol. The first-order valence-electron chi connectivity index (χ1n) is 8.57. The van der Waals surface area contributed by atoms with E-state index in [4.69, 9.17) is 14.0 Å². The Balaban J connectivity index is 1.75. The lowest BCUT2D eigenvalue weighted by Crippen LogP contribution is -2.22. The van der Waals surface area contributed by atoms with Gasteiger partial charge in [-0.2, -0.15) is 0 Å². The first kappa shape index (κ1) is 16.8. The zero-order valence-corrected chi connectivity index (χ0v) is 14.9. The van der Waals surface area contributed by atoms with Crippen LogP contribution in [0.3, 0.4) is 0 Å². The Labute approximate surface area is 143 Å². The maximum Gasteiger partial charge on any atom is 0.161 e. The van der Waals surface area contributed by atoms with Gasteiger partial charge in [-0.05, 0) is 57.9 Å². The van der Waals surface area contributed by atoms with Crippen LogP contribution in [0.1, 0.15) is 49.7 Å². The summed E-state index contributed by atoms with van der Waals surface area (Å²) < 4.78 is 16.8. The van der Waals surface area contributed by atoms with Crippen LogP contribution in [0, 0.1) is 6.92 Å². The van der Waals surface area contributed by atoms with Crippen molar-refractivity contribution in [3.8, 4) is 11.5 Å². The molecule has 5 heteroatoms. The molecule has 0 amide bonds. The number of hydrogen-bond donors (Lipinski definition) is 0. The quantitative estimate of drug-likeness (QED) is 0.797. The summed E-state index contributed by atoms with van der Waals surface area (Å²) in [5.41, 5.74) is 2.15. The summed E-state index contributed by atoms with van der Waals surface area (Å²) in [6.45, 7) is 7.92. The fraction of sp³-hybridized carbons (Fsp3) is 0.526. The molecule has 0 unspecified atom stereocenters. The molecule has 0 aliphatic carbocycles. The van der Waals surface area contributed by atoms with E-state index in [1.54, 1.807) is 7.11 Å². The number of rotatable bonds is 6. The predicted molar refractivity (Wildman–Crippen MR) is 92.4 cm³/mol. The molecule has 1 aromatic carbocycles. The number of likely N-dealkylation sites (tertiary alicyclic amines) is 1. The molecule has 0 spiro atoms. The minimum atomic E-state index is 0.127. The molecule has 0 saturated carbocycles. The topological polar surface area (TPSA) is 47.7 Å². The summed E-state index contributed by atoms with van der Waals surface area (Å²) in [6.07, 6.45) is 2.42. The van der Waals surface area contributed by atoms with Crippen LogP contribution in [0.15, 0.2) is 28.8 Å². The van der Waals surface area contributed by atoms with Gasteiger partial charge in [0.1, 0.15) is 0 Å². The van der Waals surface area contributed by atoms with Crippen molar-refractivity contribution in [2.45, 2.75) is 52.3 Å². The number of nitrogens with zero attached hydrogens (tertiary/aromatic N) is 2. The number of hydrogen-bond acceptors (Lipinski definition) is 5. The monoisotopic (exact) mass is 330 g/mol. The highest BCUT2D eigenvalue weighted by atomic mass is 16.5. The summed E-state index contributed by atoms with van der Waals surface area (Å²) in [5, 5.41) is 4.03. The molecule has 1 aliphatic rings. The number of ether oxygens (including phenoxy) is 2. The van der Waals surface area contributed by atoms with E-state index in [2.05, 4.69) is 22.2 Å². The molecule has 1 aliphatic heterocycles. The van der Waals surface area contributed by atoms with E-state index in [0.29, 0.717) is 6.04 Å². The van der Waals surface area contributed by atoms with E-state index in [9.17, 15) is 0 Å². The average molecular weight is 330 g/mol. The molecule has 24 heavy (non-hydrogen) atoms. The zero-order chi connectivity index (χ0) is 17.1. The van der Waals surface area contributed by atoms with Gasteiger partial charge in [0.2, 0.25) is 0 Å². The third-order valence-corrected chi connectivity index (χ3v) is 4.31. The first-order valence-corrected chi connectivity index (χ1v) is 8.57. The van der Waals surface area contributed by atoms with E-state index in [1.807, 2.05) is 32.9 Å². The Bertz CT molecular complexity index is 681. The molecular formula is C19H26N2O3. The molecule has 2 heterocycles. The maximum atomic E-state index is 5.79. The molecule has 130 valence electrons. The Morgan fingerprint density at radius 1 is 1.29 bits per heavy atom. The van der Waals surface area contributed by atoms with Gasteiger partial charge in [-0.1, -0.05) is 11.2 Å². The van der Waals surface area contributed by atoms with Crippen LogP contribution in [-0.4, -0.2) is 29.8 Å². The first-order chi connectivity index (χ1) is 11.6. The van der Waals surface area contributed by atoms with Crippen molar-refractivity contribution in [1.29, 1.82) is 0 Å². The second-order valence-corrected chi connectivity index (χ2v) is 6.65. The van der Waals surface area contributed by atoms with Gasteiger partial charge in [0.15, 0.2) is 17.3 Å². The lowest BCUT2D eigenvalue weighted by molar-refractivity contribution is 0.205. The van der Waals surface area contributed by atoms with Crippen LogP contribution < -0.4 is 9.47 Å². The van der Waals surface area contributed by atoms with Gasteiger partial charge in [0.05, 0.1) is 24.9 Å². The smallest absolute Gasteiger partial charge is 0.161 e. The van der Waals surface area contributed by atoms with Crippen LogP contribution in [-0.2, 0) is 6.54 Å². The van der Waals surface area contributed by atoms with Crippen molar-refractivity contribution in [2.75, 3.05) is 13.7 Å². The molecule has 1 aromatic heterocycles. The van der Waals surface area contributed by atoms with Gasteiger partial charge >= 0.3 is 0 Å². The number of methoxy groups -OCH3 is 1. The second-order valence-electron chi connectivity index (χ2n) is 6.65. The van der Waals surface area contributed by atoms with Gasteiger partial charge in [0, 0.05) is 12.6 Å². The Morgan fingerprint density at radius 3 is 2.79 bits per heavy atom. The molecule has 0 radical (unpaired) electrons. The van der Waals surface area contributed by atoms with Gasteiger partial charge in [0.25, 0.3) is 0 Å². The van der Waals surface area contributed by atoms with Gasteiger partial charge in [-0.3, -0.25) is 4.90 Å². The summed E-state index contributed by atoms with van der Waals surface area (Å²) in [7, 11) is 1.68. The third-order valence-electron chi connectivity index (χ3n) is 4.31. The van der Waals surface area contributed by atoms with Crippen LogP contribution in [0.5, 0.6) is 11.5 Å². The van der Waals surface area contributed by atoms with Crippen LogP contribution in [0.4, 0.5) is 0 Å². The largest absolute Gasteiger partial charge is 0.493 e. The fourth-order valence-electron chi connectivity index (χ4n) is 3.27. The van der Waals surface area contributed by atoms with Gasteiger partial charge < -0.3 is 14.0 Å². The predicted octanol–water partition coefficient (Wildman–Crippen LogP) is 4.12. The van der Waals surface area contributed by atoms with E-state index < -0.39 is 0 Å². The number of aryl methyl sites for hydroxylation is 1. The van der Waals surface area contributed by atoms with Crippen LogP contribution in [0.2, 0.25) is 0 Å². The molecule has 0 N–H and O–H groups in total. The third kappa shape index (κ3) is 3.73. The lowest BCUT2D eigenvalue weighted by Gasteiger charge is -2.23. The molecule has 5 nitrogen and oxygen atoms in total. The van der Waals surface area contributed by atoms with Crippen molar-refractivity contribution in [2.24, 2.45) is 0 Å². The van der Waals surface area contributed by atoms with E-state index in [0.717, 1.165) is 42.5 Å². The minimum absolute atomic E-state index is 0.127. The molecule has 1 saturated heterocycles. The Morgan fingerprint density at radius 2 is 2.12 bits per heavy atom. The lowest BCUT2D eigenvalue weighted by atomic mass is 10.1. The summed E-state index contributed by atoms with van der Waals surface area (Å²) in [4.78, 5) is 2.44. The molecule has 2 aromatic rings. The second kappa shape index (κ2) is 7.26. The van der Waals surface area contributed by atoms with E-state index in [-0.39, 0.29) is 6.10 Å². The number of benzene rings is 1. The van der Waals surface area contributed by atoms with Crippen LogP contribution >= 0.6 is 0 Å². The van der Waals surface area contributed by atoms with E-state index in [1.165, 1.54) is 12.0 Å². The summed E-state index contributed by atoms with van der Waals surface area (Å²) in [6, 6.07) is 8.53. The van der Waals surface area contributed by atoms with Crippen molar-refractivity contribution < 1.29 is 14.0 Å². The highest BCUT2D eigenvalue weighted by molar-refractivity contribution is 5.43. The summed E-state index contributed by atoms with van der Waals surface area (Å²) >= 11 is 0. The Kier molecular flexibility index (Phi) is 5.09. The molecule has 1 atom stereocenters. The normalized spacial score (nSPS) is 18.3. The van der Waals surface area contributed by atoms with Crippen LogP contribution in [0.25, 0.3) is 0 Å². The van der Waals surface area contributed by atoms with Crippen molar-refractivity contribution in [3.63, 3.8) is 0 Å². The van der Waals surface area contributed by atoms with E-state index >= 15 is 0 Å². The molecule has 1 fully saturated rings. The molecule has 3 rings (SSSR count). The maximum absolute atomic E-state index is 5.79. The highest BCUT2D eigenvalue weighted by Crippen LogP contribution is 2.35. The highest BCUT2D eigenvalue weighted by Gasteiger charge is 2.29. The Hall–Kier alpha value is -2.01.